The number of rotatable bonds is 7. The molecule has 6 heteroatoms. The van der Waals surface area contributed by atoms with Crippen LogP contribution in [0.5, 0.6) is 5.75 Å². The Labute approximate surface area is 118 Å². The maximum Gasteiger partial charge on any atom is 0.270 e. The number of nitrogens with zero attached hydrogens (tertiary/aromatic N) is 2. The molecule has 0 fully saturated rings. The molecular formula is C14H19N3O3. The first kappa shape index (κ1) is 15.9. The number of benzene rings is 1. The number of nitro benzene ring substituents is 1. The normalized spacial score (nSPS) is 10.9. The van der Waals surface area contributed by atoms with Crippen molar-refractivity contribution < 1.29 is 9.66 Å². The van der Waals surface area contributed by atoms with Crippen LogP contribution in [0.15, 0.2) is 18.2 Å². The third kappa shape index (κ3) is 4.52. The van der Waals surface area contributed by atoms with Gasteiger partial charge in [-0.05, 0) is 32.8 Å². The molecule has 1 aromatic carbocycles. The lowest BCUT2D eigenvalue weighted by Gasteiger charge is -2.15. The van der Waals surface area contributed by atoms with Crippen LogP contribution in [0.1, 0.15) is 32.3 Å². The van der Waals surface area contributed by atoms with E-state index < -0.39 is 4.92 Å². The maximum absolute atomic E-state index is 10.7. The molecule has 0 amide bonds. The molecule has 0 bridgehead atoms. The Morgan fingerprint density at radius 1 is 1.50 bits per heavy atom. The quantitative estimate of drug-likeness (QED) is 0.469. The second kappa shape index (κ2) is 6.87. The van der Waals surface area contributed by atoms with Gasteiger partial charge in [0.1, 0.15) is 5.75 Å². The highest BCUT2D eigenvalue weighted by Crippen LogP contribution is 2.25. The molecule has 0 aromatic heterocycles. The van der Waals surface area contributed by atoms with Crippen LogP contribution in [-0.2, 0) is 6.54 Å². The predicted octanol–water partition coefficient (Wildman–Crippen LogP) is 2.76. The summed E-state index contributed by atoms with van der Waals surface area (Å²) in [5.74, 6) is 0.563. The van der Waals surface area contributed by atoms with Crippen LogP contribution in [0.2, 0.25) is 0 Å². The number of hydrogen-bond acceptors (Lipinski definition) is 5. The minimum atomic E-state index is -0.460. The zero-order chi connectivity index (χ0) is 15.2. The van der Waals surface area contributed by atoms with Gasteiger partial charge in [-0.25, -0.2) is 0 Å². The number of nitro groups is 1. The average Bonchev–Trinajstić information content (AvgIpc) is 2.43. The number of ether oxygens (including phenoxy) is 1. The van der Waals surface area contributed by atoms with Crippen LogP contribution in [0.25, 0.3) is 0 Å². The molecule has 1 rings (SSSR count). The van der Waals surface area contributed by atoms with Crippen molar-refractivity contribution in [1.82, 2.24) is 0 Å². The van der Waals surface area contributed by atoms with E-state index in [2.05, 4.69) is 6.07 Å². The lowest BCUT2D eigenvalue weighted by Crippen LogP contribution is -2.11. The van der Waals surface area contributed by atoms with Crippen molar-refractivity contribution in [2.24, 2.45) is 11.1 Å². The predicted molar refractivity (Wildman–Crippen MR) is 75.1 cm³/mol. The van der Waals surface area contributed by atoms with Crippen LogP contribution >= 0.6 is 0 Å². The molecule has 0 unspecified atom stereocenters. The van der Waals surface area contributed by atoms with E-state index in [9.17, 15) is 10.1 Å². The van der Waals surface area contributed by atoms with Crippen LogP contribution in [0.3, 0.4) is 0 Å². The maximum atomic E-state index is 10.7. The Morgan fingerprint density at radius 3 is 2.75 bits per heavy atom. The lowest BCUT2D eigenvalue weighted by atomic mass is 9.90. The molecule has 0 aliphatic heterocycles. The van der Waals surface area contributed by atoms with Crippen LogP contribution < -0.4 is 10.5 Å². The van der Waals surface area contributed by atoms with Crippen molar-refractivity contribution >= 4 is 5.69 Å². The van der Waals surface area contributed by atoms with Gasteiger partial charge in [0.2, 0.25) is 0 Å². The minimum absolute atomic E-state index is 0.00316. The molecule has 1 aromatic rings. The Hall–Kier alpha value is -2.13. The highest BCUT2D eigenvalue weighted by atomic mass is 16.6. The minimum Gasteiger partial charge on any atom is -0.493 e. The molecule has 0 saturated heterocycles. The zero-order valence-corrected chi connectivity index (χ0v) is 11.8. The summed E-state index contributed by atoms with van der Waals surface area (Å²) >= 11 is 0. The zero-order valence-electron chi connectivity index (χ0n) is 11.8. The Kier molecular flexibility index (Phi) is 5.47. The smallest absolute Gasteiger partial charge is 0.270 e. The molecule has 0 radical (unpaired) electrons. The van der Waals surface area contributed by atoms with Gasteiger partial charge in [0.05, 0.1) is 23.0 Å². The second-order valence-corrected chi connectivity index (χ2v) is 5.20. The molecule has 20 heavy (non-hydrogen) atoms. The summed E-state index contributed by atoms with van der Waals surface area (Å²) in [4.78, 5) is 10.2. The number of nitrogens with two attached hydrogens (primary N) is 1. The first-order chi connectivity index (χ1) is 9.39. The lowest BCUT2D eigenvalue weighted by molar-refractivity contribution is -0.384. The molecular weight excluding hydrogens is 258 g/mol. The van der Waals surface area contributed by atoms with Gasteiger partial charge in [0.15, 0.2) is 0 Å². The number of nitriles is 1. The number of hydrogen-bond donors (Lipinski definition) is 1. The standard InChI is InChI=1S/C14H19N3O3/c1-14(2,10-16)6-3-7-20-13-5-4-12(17(18)19)8-11(13)9-15/h4-5,8H,3,6-7,9,15H2,1-2H3. The van der Waals surface area contributed by atoms with E-state index >= 15 is 0 Å². The molecule has 0 atom stereocenters. The SMILES string of the molecule is CC(C)(C#N)CCCOc1ccc([N+](=O)[O-])cc1CN. The van der Waals surface area contributed by atoms with E-state index in [1.54, 1.807) is 6.07 Å². The summed E-state index contributed by atoms with van der Waals surface area (Å²) in [7, 11) is 0. The Morgan fingerprint density at radius 2 is 2.20 bits per heavy atom. The molecule has 0 heterocycles. The van der Waals surface area contributed by atoms with E-state index in [1.165, 1.54) is 12.1 Å². The summed E-state index contributed by atoms with van der Waals surface area (Å²) in [6.07, 6.45) is 1.47. The van der Waals surface area contributed by atoms with Gasteiger partial charge in [0, 0.05) is 24.2 Å². The van der Waals surface area contributed by atoms with Gasteiger partial charge in [0.25, 0.3) is 5.69 Å². The fourth-order valence-corrected chi connectivity index (χ4v) is 1.73. The summed E-state index contributed by atoms with van der Waals surface area (Å²) in [6, 6.07) is 6.62. The van der Waals surface area contributed by atoms with Crippen LogP contribution in [-0.4, -0.2) is 11.5 Å². The van der Waals surface area contributed by atoms with Gasteiger partial charge < -0.3 is 10.5 Å². The first-order valence-corrected chi connectivity index (χ1v) is 6.41. The molecule has 108 valence electrons. The van der Waals surface area contributed by atoms with Gasteiger partial charge in [-0.1, -0.05) is 0 Å². The molecule has 0 aliphatic rings. The monoisotopic (exact) mass is 277 g/mol. The third-order valence-electron chi connectivity index (χ3n) is 2.98. The molecule has 6 nitrogen and oxygen atoms in total. The molecule has 0 spiro atoms. The largest absolute Gasteiger partial charge is 0.493 e. The van der Waals surface area contributed by atoms with Crippen LogP contribution in [0.4, 0.5) is 5.69 Å². The van der Waals surface area contributed by atoms with E-state index in [1.807, 2.05) is 13.8 Å². The van der Waals surface area contributed by atoms with E-state index in [4.69, 9.17) is 15.7 Å². The van der Waals surface area contributed by atoms with Crippen molar-refractivity contribution in [2.45, 2.75) is 33.2 Å². The molecule has 2 N–H and O–H groups in total. The average molecular weight is 277 g/mol. The highest BCUT2D eigenvalue weighted by molar-refractivity contribution is 5.43. The fraction of sp³-hybridized carbons (Fsp3) is 0.500. The summed E-state index contributed by atoms with van der Waals surface area (Å²) in [5.41, 5.74) is 5.82. The van der Waals surface area contributed by atoms with Gasteiger partial charge >= 0.3 is 0 Å². The molecule has 0 aliphatic carbocycles. The van der Waals surface area contributed by atoms with E-state index in [0.717, 1.165) is 12.8 Å². The van der Waals surface area contributed by atoms with Crippen LogP contribution in [0, 0.1) is 26.9 Å². The summed E-state index contributed by atoms with van der Waals surface area (Å²) in [5, 5.41) is 19.6. The van der Waals surface area contributed by atoms with E-state index in [-0.39, 0.29) is 17.6 Å². The van der Waals surface area contributed by atoms with Crippen molar-refractivity contribution in [2.75, 3.05) is 6.61 Å². The van der Waals surface area contributed by atoms with Crippen molar-refractivity contribution in [1.29, 1.82) is 5.26 Å². The third-order valence-corrected chi connectivity index (χ3v) is 2.98. The summed E-state index contributed by atoms with van der Waals surface area (Å²) in [6.45, 7) is 4.39. The highest BCUT2D eigenvalue weighted by Gasteiger charge is 2.16. The topological polar surface area (TPSA) is 102 Å². The van der Waals surface area contributed by atoms with Crippen molar-refractivity contribution in [3.8, 4) is 11.8 Å². The Balaban J connectivity index is 2.61. The van der Waals surface area contributed by atoms with Gasteiger partial charge in [-0.15, -0.1) is 0 Å². The van der Waals surface area contributed by atoms with Gasteiger partial charge in [-0.3, -0.25) is 10.1 Å². The molecule has 0 saturated carbocycles. The fourth-order valence-electron chi connectivity index (χ4n) is 1.73. The Bertz CT molecular complexity index is 521. The van der Waals surface area contributed by atoms with Gasteiger partial charge in [-0.2, -0.15) is 5.26 Å². The van der Waals surface area contributed by atoms with E-state index in [0.29, 0.717) is 17.9 Å². The number of non-ortho nitro benzene ring substituents is 1. The second-order valence-electron chi connectivity index (χ2n) is 5.20. The van der Waals surface area contributed by atoms with Crippen molar-refractivity contribution in [3.63, 3.8) is 0 Å². The summed E-state index contributed by atoms with van der Waals surface area (Å²) < 4.78 is 5.59. The van der Waals surface area contributed by atoms with Crippen molar-refractivity contribution in [3.05, 3.63) is 33.9 Å². The first-order valence-electron chi connectivity index (χ1n) is 6.41.